The molecule has 1 aromatic carbocycles. The van der Waals surface area contributed by atoms with Crippen molar-refractivity contribution in [2.75, 3.05) is 0 Å². The molecule has 10 heteroatoms. The molecular formula is C28H43N3O6S. The number of hydrogen-bond donors (Lipinski definition) is 3. The highest BCUT2D eigenvalue weighted by molar-refractivity contribution is 7.94. The molecular weight excluding hydrogens is 506 g/mol. The largest absolute Gasteiger partial charge is 0.345 e. The van der Waals surface area contributed by atoms with Gasteiger partial charge < -0.3 is 16.0 Å². The van der Waals surface area contributed by atoms with E-state index in [1.807, 2.05) is 34.6 Å². The maximum atomic E-state index is 13.3. The number of rotatable bonds is 16. The summed E-state index contributed by atoms with van der Waals surface area (Å²) in [6, 6.07) is 5.08. The standard InChI is InChI=1S/C28H43N3O6S/c1-7-8-14-23(26(33)15-16-38(36,37)22-12-10-9-11-13-22)30-28(35)25(18-20(4)5)31-27(34)24(17-19(2)3)29-21(6)32/h9-13,15-16,19-20,23-25H,7-8,14,17-18H2,1-6H3,(H,29,32)(H,30,35)(H,31,34)/b16-15+/t23-,24-,25-/m0/s1. The Labute approximate surface area is 227 Å². The van der Waals surface area contributed by atoms with E-state index in [0.717, 1.165) is 17.9 Å². The van der Waals surface area contributed by atoms with E-state index in [0.29, 0.717) is 25.7 Å². The van der Waals surface area contributed by atoms with Crippen LogP contribution in [0.25, 0.3) is 0 Å². The minimum Gasteiger partial charge on any atom is -0.345 e. The van der Waals surface area contributed by atoms with Crippen LogP contribution >= 0.6 is 0 Å². The third-order valence-corrected chi connectivity index (χ3v) is 7.15. The minimum atomic E-state index is -3.82. The summed E-state index contributed by atoms with van der Waals surface area (Å²) in [4.78, 5) is 50.9. The van der Waals surface area contributed by atoms with Crippen molar-refractivity contribution in [3.05, 3.63) is 41.8 Å². The second kappa shape index (κ2) is 16.1. The number of ketones is 1. The van der Waals surface area contributed by atoms with E-state index in [9.17, 15) is 27.6 Å². The number of unbranched alkanes of at least 4 members (excludes halogenated alkanes) is 1. The van der Waals surface area contributed by atoms with Crippen LogP contribution in [0.5, 0.6) is 0 Å². The lowest BCUT2D eigenvalue weighted by Gasteiger charge is -2.26. The lowest BCUT2D eigenvalue weighted by molar-refractivity contribution is -0.133. The van der Waals surface area contributed by atoms with Crippen molar-refractivity contribution in [2.45, 2.75) is 96.7 Å². The fraction of sp³-hybridized carbons (Fsp3) is 0.571. The highest BCUT2D eigenvalue weighted by atomic mass is 32.2. The van der Waals surface area contributed by atoms with Crippen molar-refractivity contribution < 1.29 is 27.6 Å². The molecule has 212 valence electrons. The number of benzene rings is 1. The average molecular weight is 550 g/mol. The van der Waals surface area contributed by atoms with Crippen molar-refractivity contribution in [3.63, 3.8) is 0 Å². The van der Waals surface area contributed by atoms with Crippen LogP contribution in [-0.2, 0) is 29.0 Å². The fourth-order valence-corrected chi connectivity index (χ4v) is 4.86. The van der Waals surface area contributed by atoms with E-state index in [1.165, 1.54) is 19.1 Å². The molecule has 0 heterocycles. The van der Waals surface area contributed by atoms with Crippen LogP contribution in [0.15, 0.2) is 46.7 Å². The zero-order valence-corrected chi connectivity index (χ0v) is 24.1. The highest BCUT2D eigenvalue weighted by Gasteiger charge is 2.29. The molecule has 9 nitrogen and oxygen atoms in total. The first-order chi connectivity index (χ1) is 17.8. The number of nitrogens with one attached hydrogen (secondary N) is 3. The lowest BCUT2D eigenvalue weighted by Crippen LogP contribution is -2.56. The molecule has 0 unspecified atom stereocenters. The van der Waals surface area contributed by atoms with Crippen LogP contribution in [0.2, 0.25) is 0 Å². The summed E-state index contributed by atoms with van der Waals surface area (Å²) in [6.45, 7) is 10.9. The second-order valence-corrected chi connectivity index (χ2v) is 12.2. The summed E-state index contributed by atoms with van der Waals surface area (Å²) in [7, 11) is -3.82. The molecule has 0 spiro atoms. The maximum Gasteiger partial charge on any atom is 0.243 e. The number of carbonyl (C=O) groups is 4. The van der Waals surface area contributed by atoms with Gasteiger partial charge in [-0.1, -0.05) is 65.7 Å². The van der Waals surface area contributed by atoms with Gasteiger partial charge in [0.2, 0.25) is 17.7 Å². The Morgan fingerprint density at radius 2 is 1.32 bits per heavy atom. The van der Waals surface area contributed by atoms with E-state index in [1.54, 1.807) is 18.2 Å². The minimum absolute atomic E-state index is 0.0519. The molecule has 0 saturated heterocycles. The zero-order valence-electron chi connectivity index (χ0n) is 23.3. The summed E-state index contributed by atoms with van der Waals surface area (Å²) in [5.74, 6) is -1.72. The third kappa shape index (κ3) is 12.0. The fourth-order valence-electron chi connectivity index (χ4n) is 3.85. The second-order valence-electron chi connectivity index (χ2n) is 10.3. The van der Waals surface area contributed by atoms with E-state index in [4.69, 9.17) is 0 Å². The normalized spacial score (nSPS) is 14.2. The summed E-state index contributed by atoms with van der Waals surface area (Å²) in [5, 5.41) is 8.96. The molecule has 0 aliphatic heterocycles. The first-order valence-electron chi connectivity index (χ1n) is 13.2. The Morgan fingerprint density at radius 1 is 0.816 bits per heavy atom. The van der Waals surface area contributed by atoms with Gasteiger partial charge in [0.15, 0.2) is 15.6 Å². The van der Waals surface area contributed by atoms with E-state index in [-0.39, 0.29) is 22.6 Å². The number of hydrogen-bond acceptors (Lipinski definition) is 6. The monoisotopic (exact) mass is 549 g/mol. The van der Waals surface area contributed by atoms with Crippen molar-refractivity contribution in [1.29, 1.82) is 0 Å². The molecule has 38 heavy (non-hydrogen) atoms. The van der Waals surface area contributed by atoms with Gasteiger partial charge in [0.25, 0.3) is 0 Å². The number of amides is 3. The molecule has 3 N–H and O–H groups in total. The van der Waals surface area contributed by atoms with Crippen molar-refractivity contribution >= 4 is 33.3 Å². The average Bonchev–Trinajstić information content (AvgIpc) is 2.83. The molecule has 1 aromatic rings. The Balaban J connectivity index is 3.09. The summed E-state index contributed by atoms with van der Waals surface area (Å²) >= 11 is 0. The van der Waals surface area contributed by atoms with Gasteiger partial charge in [0.05, 0.1) is 10.9 Å². The SMILES string of the molecule is CCCC[C@H](NC(=O)[C@H](CC(C)C)NC(=O)[C@H](CC(C)C)NC(C)=O)C(=O)/C=C/S(=O)(=O)c1ccccc1. The van der Waals surface area contributed by atoms with Gasteiger partial charge in [-0.05, 0) is 49.3 Å². The topological polar surface area (TPSA) is 139 Å². The molecule has 0 saturated carbocycles. The van der Waals surface area contributed by atoms with Crippen LogP contribution in [0, 0.1) is 11.8 Å². The Morgan fingerprint density at radius 3 is 1.79 bits per heavy atom. The van der Waals surface area contributed by atoms with E-state index in [2.05, 4.69) is 16.0 Å². The first kappa shape index (κ1) is 33.0. The predicted molar refractivity (Wildman–Crippen MR) is 148 cm³/mol. The van der Waals surface area contributed by atoms with Crippen LogP contribution < -0.4 is 16.0 Å². The maximum absolute atomic E-state index is 13.3. The molecule has 3 atom stereocenters. The lowest BCUT2D eigenvalue weighted by atomic mass is 9.99. The van der Waals surface area contributed by atoms with Gasteiger partial charge in [-0.3, -0.25) is 19.2 Å². The molecule has 3 amide bonds. The van der Waals surface area contributed by atoms with Crippen molar-refractivity contribution in [2.24, 2.45) is 11.8 Å². The highest BCUT2D eigenvalue weighted by Crippen LogP contribution is 2.13. The molecule has 0 aliphatic rings. The van der Waals surface area contributed by atoms with Gasteiger partial charge in [-0.15, -0.1) is 0 Å². The summed E-state index contributed by atoms with van der Waals surface area (Å²) in [5.41, 5.74) is 0. The van der Waals surface area contributed by atoms with Crippen LogP contribution in [0.3, 0.4) is 0 Å². The molecule has 0 aromatic heterocycles. The Kier molecular flexibility index (Phi) is 14.0. The van der Waals surface area contributed by atoms with Crippen LogP contribution in [0.1, 0.15) is 73.6 Å². The van der Waals surface area contributed by atoms with Gasteiger partial charge in [-0.2, -0.15) is 0 Å². The van der Waals surface area contributed by atoms with Gasteiger partial charge in [0, 0.05) is 12.3 Å². The van der Waals surface area contributed by atoms with Crippen molar-refractivity contribution in [1.82, 2.24) is 16.0 Å². The van der Waals surface area contributed by atoms with Crippen molar-refractivity contribution in [3.8, 4) is 0 Å². The van der Waals surface area contributed by atoms with Gasteiger partial charge >= 0.3 is 0 Å². The Bertz CT molecular complexity index is 1070. The Hall–Kier alpha value is -3.01. The van der Waals surface area contributed by atoms with E-state index >= 15 is 0 Å². The number of carbonyl (C=O) groups excluding carboxylic acids is 4. The summed E-state index contributed by atoms with van der Waals surface area (Å²) in [6.07, 6.45) is 3.43. The molecule has 1 rings (SSSR count). The van der Waals surface area contributed by atoms with Crippen LogP contribution in [0.4, 0.5) is 0 Å². The summed E-state index contributed by atoms with van der Waals surface area (Å²) < 4.78 is 25.1. The van der Waals surface area contributed by atoms with Crippen LogP contribution in [-0.4, -0.2) is 50.0 Å². The molecule has 0 aliphatic carbocycles. The third-order valence-electron chi connectivity index (χ3n) is 5.73. The molecule has 0 radical (unpaired) electrons. The zero-order chi connectivity index (χ0) is 28.9. The predicted octanol–water partition coefficient (Wildman–Crippen LogP) is 3.30. The van der Waals surface area contributed by atoms with E-state index < -0.39 is 45.6 Å². The number of sulfone groups is 1. The van der Waals surface area contributed by atoms with Gasteiger partial charge in [0.1, 0.15) is 12.1 Å². The molecule has 0 fully saturated rings. The first-order valence-corrected chi connectivity index (χ1v) is 14.7. The smallest absolute Gasteiger partial charge is 0.243 e. The van der Waals surface area contributed by atoms with Gasteiger partial charge in [-0.25, -0.2) is 8.42 Å². The quantitative estimate of drug-likeness (QED) is 0.271. The molecule has 0 bridgehead atoms.